The van der Waals surface area contributed by atoms with Gasteiger partial charge in [0.2, 0.25) is 5.91 Å². The first-order valence-electron chi connectivity index (χ1n) is 11.0. The van der Waals surface area contributed by atoms with E-state index in [0.29, 0.717) is 6.42 Å². The van der Waals surface area contributed by atoms with Crippen LogP contribution in [0.5, 0.6) is 0 Å². The molecule has 2 amide bonds. The number of nitrogens with one attached hydrogen (secondary N) is 2. The molecule has 34 heavy (non-hydrogen) atoms. The van der Waals surface area contributed by atoms with Crippen LogP contribution in [0.3, 0.4) is 0 Å². The predicted octanol–water partition coefficient (Wildman–Crippen LogP) is 3.55. The number of aromatic carboxylic acids is 1. The van der Waals surface area contributed by atoms with Crippen molar-refractivity contribution < 1.29 is 28.8 Å². The van der Waals surface area contributed by atoms with Crippen LogP contribution in [0.1, 0.15) is 46.6 Å². The summed E-state index contributed by atoms with van der Waals surface area (Å²) in [5.74, 6) is -1.80. The largest absolute Gasteiger partial charge is 0.476 e. The third-order valence-corrected chi connectivity index (χ3v) is 5.91. The quantitative estimate of drug-likeness (QED) is 0.442. The van der Waals surface area contributed by atoms with Crippen LogP contribution in [-0.2, 0) is 16.1 Å². The number of alkyl carbamates (subject to hydrolysis) is 1. The highest BCUT2D eigenvalue weighted by molar-refractivity contribution is 5.85. The van der Waals surface area contributed by atoms with Crippen molar-refractivity contribution in [2.24, 2.45) is 5.92 Å². The van der Waals surface area contributed by atoms with Gasteiger partial charge in [0.25, 0.3) is 0 Å². The third kappa shape index (κ3) is 4.93. The van der Waals surface area contributed by atoms with Crippen molar-refractivity contribution >= 4 is 18.0 Å². The van der Waals surface area contributed by atoms with E-state index in [1.165, 1.54) is 6.07 Å². The summed E-state index contributed by atoms with van der Waals surface area (Å²) >= 11 is 0. The number of amides is 2. The molecule has 0 fully saturated rings. The van der Waals surface area contributed by atoms with E-state index in [0.717, 1.165) is 22.3 Å². The summed E-state index contributed by atoms with van der Waals surface area (Å²) in [6.45, 7) is 2.14. The number of benzene rings is 2. The number of nitrogens with zero attached hydrogens (tertiary/aromatic N) is 1. The van der Waals surface area contributed by atoms with Crippen LogP contribution >= 0.6 is 0 Å². The topological polar surface area (TPSA) is 131 Å². The molecule has 1 unspecified atom stereocenters. The Labute approximate surface area is 196 Å². The maximum atomic E-state index is 12.5. The van der Waals surface area contributed by atoms with Gasteiger partial charge >= 0.3 is 12.1 Å². The number of fused-ring (bicyclic) bond motifs is 3. The number of hydrogen-bond acceptors (Lipinski definition) is 6. The van der Waals surface area contributed by atoms with Crippen molar-refractivity contribution in [2.45, 2.75) is 25.8 Å². The first-order chi connectivity index (χ1) is 16.5. The smallest absolute Gasteiger partial charge is 0.407 e. The highest BCUT2D eigenvalue weighted by Gasteiger charge is 2.29. The minimum absolute atomic E-state index is 0.000553. The SMILES string of the molecule is CCC(CNC(=O)OCC1c2ccccc2-c2ccccc21)C(=O)NCc1cc(C(=O)O)no1. The van der Waals surface area contributed by atoms with Gasteiger partial charge in [0.1, 0.15) is 6.61 Å². The highest BCUT2D eigenvalue weighted by atomic mass is 16.5. The van der Waals surface area contributed by atoms with Gasteiger partial charge in [0.05, 0.1) is 12.5 Å². The second kappa shape index (κ2) is 10.2. The Balaban J connectivity index is 1.27. The summed E-state index contributed by atoms with van der Waals surface area (Å²) in [4.78, 5) is 35.7. The van der Waals surface area contributed by atoms with Crippen LogP contribution in [0, 0.1) is 5.92 Å². The minimum Gasteiger partial charge on any atom is -0.476 e. The number of carboxylic acids is 1. The number of aromatic nitrogens is 1. The van der Waals surface area contributed by atoms with Crippen LogP contribution in [0.2, 0.25) is 0 Å². The fraction of sp³-hybridized carbons (Fsp3) is 0.280. The normalized spacial score (nSPS) is 13.0. The van der Waals surface area contributed by atoms with Crippen LogP contribution in [0.25, 0.3) is 11.1 Å². The molecule has 4 rings (SSSR count). The van der Waals surface area contributed by atoms with E-state index >= 15 is 0 Å². The lowest BCUT2D eigenvalue weighted by Gasteiger charge is -2.17. The standard InChI is InChI=1S/C25H25N3O6/c1-2-15(23(29)26-13-16-11-22(24(30)31)28-34-16)12-27-25(32)33-14-21-19-9-5-3-7-17(19)18-8-4-6-10-20(18)21/h3-11,15,21H,2,12-14H2,1H3,(H,26,29)(H,27,32)(H,30,31). The Morgan fingerprint density at radius 1 is 1.06 bits per heavy atom. The van der Waals surface area contributed by atoms with Gasteiger partial charge in [-0.3, -0.25) is 4.79 Å². The second-order valence-electron chi connectivity index (χ2n) is 8.01. The van der Waals surface area contributed by atoms with E-state index < -0.39 is 18.0 Å². The Hall–Kier alpha value is -4.14. The summed E-state index contributed by atoms with van der Waals surface area (Å²) in [5, 5.41) is 17.6. The lowest BCUT2D eigenvalue weighted by molar-refractivity contribution is -0.125. The van der Waals surface area contributed by atoms with Gasteiger partial charge in [-0.2, -0.15) is 0 Å². The molecule has 176 valence electrons. The lowest BCUT2D eigenvalue weighted by Crippen LogP contribution is -2.38. The number of rotatable bonds is 9. The molecule has 3 aromatic rings. The molecule has 2 aromatic carbocycles. The molecule has 1 aliphatic rings. The summed E-state index contributed by atoms with van der Waals surface area (Å²) in [5.41, 5.74) is 4.32. The van der Waals surface area contributed by atoms with Crippen molar-refractivity contribution in [1.82, 2.24) is 15.8 Å². The summed E-state index contributed by atoms with van der Waals surface area (Å²) < 4.78 is 10.4. The Kier molecular flexibility index (Phi) is 6.91. The zero-order valence-electron chi connectivity index (χ0n) is 18.6. The van der Waals surface area contributed by atoms with Gasteiger partial charge in [-0.25, -0.2) is 9.59 Å². The minimum atomic E-state index is -1.21. The molecule has 9 nitrogen and oxygen atoms in total. The average Bonchev–Trinajstić information content (AvgIpc) is 3.45. The van der Waals surface area contributed by atoms with Crippen molar-refractivity contribution in [2.75, 3.05) is 13.2 Å². The fourth-order valence-electron chi connectivity index (χ4n) is 4.09. The Bertz CT molecular complexity index is 1160. The number of hydrogen-bond donors (Lipinski definition) is 3. The fourth-order valence-corrected chi connectivity index (χ4v) is 4.09. The zero-order valence-corrected chi connectivity index (χ0v) is 18.6. The molecule has 1 aliphatic carbocycles. The van der Waals surface area contributed by atoms with Crippen LogP contribution in [0.4, 0.5) is 4.79 Å². The van der Waals surface area contributed by atoms with E-state index in [9.17, 15) is 14.4 Å². The average molecular weight is 463 g/mol. The number of carboxylic acid groups (broad SMARTS) is 1. The van der Waals surface area contributed by atoms with Gasteiger partial charge in [-0.1, -0.05) is 60.6 Å². The third-order valence-electron chi connectivity index (χ3n) is 5.91. The molecular weight excluding hydrogens is 438 g/mol. The van der Waals surface area contributed by atoms with Crippen molar-refractivity contribution in [3.8, 4) is 11.1 Å². The number of carbonyl (C=O) groups excluding carboxylic acids is 2. The van der Waals surface area contributed by atoms with E-state index in [2.05, 4.69) is 27.9 Å². The van der Waals surface area contributed by atoms with Crippen LogP contribution in [0.15, 0.2) is 59.1 Å². The van der Waals surface area contributed by atoms with Crippen LogP contribution in [-0.4, -0.2) is 41.4 Å². The molecule has 1 atom stereocenters. The molecular formula is C25H25N3O6. The molecule has 1 heterocycles. The zero-order chi connectivity index (χ0) is 24.1. The predicted molar refractivity (Wildman–Crippen MR) is 122 cm³/mol. The molecule has 1 aromatic heterocycles. The van der Waals surface area contributed by atoms with Crippen molar-refractivity contribution in [3.05, 3.63) is 77.2 Å². The number of ether oxygens (including phenoxy) is 1. The summed E-state index contributed by atoms with van der Waals surface area (Å²) in [6, 6.07) is 17.4. The molecule has 0 saturated carbocycles. The van der Waals surface area contributed by atoms with E-state index in [1.54, 1.807) is 0 Å². The van der Waals surface area contributed by atoms with E-state index in [4.69, 9.17) is 14.4 Å². The maximum Gasteiger partial charge on any atom is 0.407 e. The van der Waals surface area contributed by atoms with Gasteiger partial charge in [0.15, 0.2) is 11.5 Å². The summed E-state index contributed by atoms with van der Waals surface area (Å²) in [6.07, 6.45) is -0.0961. The highest BCUT2D eigenvalue weighted by Crippen LogP contribution is 2.44. The molecule has 0 radical (unpaired) electrons. The lowest BCUT2D eigenvalue weighted by atomic mass is 9.98. The monoisotopic (exact) mass is 463 g/mol. The van der Waals surface area contributed by atoms with Gasteiger partial charge < -0.3 is 25.0 Å². The molecule has 9 heteroatoms. The first kappa shape index (κ1) is 23.0. The van der Waals surface area contributed by atoms with Crippen LogP contribution < -0.4 is 10.6 Å². The summed E-state index contributed by atoms with van der Waals surface area (Å²) in [7, 11) is 0. The molecule has 0 spiro atoms. The number of carbonyl (C=O) groups is 3. The molecule has 0 aliphatic heterocycles. The molecule has 3 N–H and O–H groups in total. The van der Waals surface area contributed by atoms with E-state index in [1.807, 2.05) is 43.3 Å². The maximum absolute atomic E-state index is 12.5. The van der Waals surface area contributed by atoms with Gasteiger partial charge in [-0.05, 0) is 28.7 Å². The Morgan fingerprint density at radius 3 is 2.29 bits per heavy atom. The van der Waals surface area contributed by atoms with Gasteiger partial charge in [0, 0.05) is 18.5 Å². The second-order valence-corrected chi connectivity index (χ2v) is 8.01. The molecule has 0 saturated heterocycles. The Morgan fingerprint density at radius 2 is 1.71 bits per heavy atom. The van der Waals surface area contributed by atoms with Crippen molar-refractivity contribution in [1.29, 1.82) is 0 Å². The first-order valence-corrected chi connectivity index (χ1v) is 11.0. The molecule has 0 bridgehead atoms. The van der Waals surface area contributed by atoms with Gasteiger partial charge in [-0.15, -0.1) is 0 Å². The van der Waals surface area contributed by atoms with Crippen molar-refractivity contribution in [3.63, 3.8) is 0 Å². The van der Waals surface area contributed by atoms with E-state index in [-0.39, 0.29) is 43.0 Å².